The maximum atomic E-state index is 12.1. The van der Waals surface area contributed by atoms with Crippen LogP contribution in [0.15, 0.2) is 48.5 Å². The van der Waals surface area contributed by atoms with E-state index in [2.05, 4.69) is 19.2 Å². The van der Waals surface area contributed by atoms with E-state index in [1.807, 2.05) is 48.5 Å². The van der Waals surface area contributed by atoms with Crippen LogP contribution in [-0.2, 0) is 11.2 Å². The number of carbonyl (C=O) groups is 1. The van der Waals surface area contributed by atoms with Crippen molar-refractivity contribution in [2.45, 2.75) is 39.5 Å². The lowest BCUT2D eigenvalue weighted by atomic mass is 10.1. The molecule has 0 spiro atoms. The molecule has 4 heteroatoms. The normalized spacial score (nSPS) is 10.3. The molecule has 1 amide bonds. The van der Waals surface area contributed by atoms with Gasteiger partial charge >= 0.3 is 0 Å². The molecule has 0 atom stereocenters. The van der Waals surface area contributed by atoms with E-state index in [-0.39, 0.29) is 12.5 Å². The van der Waals surface area contributed by atoms with Gasteiger partial charge in [0, 0.05) is 0 Å². The second kappa shape index (κ2) is 10.4. The summed E-state index contributed by atoms with van der Waals surface area (Å²) in [6.07, 6.45) is 4.22. The molecule has 0 aliphatic rings. The summed E-state index contributed by atoms with van der Waals surface area (Å²) in [5, 5.41) is 2.85. The van der Waals surface area contributed by atoms with Crippen molar-refractivity contribution in [1.29, 1.82) is 0 Å². The second-order valence-corrected chi connectivity index (χ2v) is 5.93. The van der Waals surface area contributed by atoms with E-state index >= 15 is 0 Å². The fourth-order valence-electron chi connectivity index (χ4n) is 2.40. The Morgan fingerprint density at radius 2 is 1.72 bits per heavy atom. The van der Waals surface area contributed by atoms with Gasteiger partial charge in [-0.15, -0.1) is 0 Å². The van der Waals surface area contributed by atoms with Crippen LogP contribution < -0.4 is 14.8 Å². The SMILES string of the molecule is CCCCOc1ccccc1NC(=O)COc1ccc(CCC)cc1. The molecule has 2 rings (SSSR count). The minimum absolute atomic E-state index is 0.0313. The average molecular weight is 341 g/mol. The van der Waals surface area contributed by atoms with E-state index in [1.165, 1.54) is 5.56 Å². The quantitative estimate of drug-likeness (QED) is 0.629. The van der Waals surface area contributed by atoms with Crippen LogP contribution in [0.5, 0.6) is 11.5 Å². The Morgan fingerprint density at radius 3 is 2.44 bits per heavy atom. The first-order valence-electron chi connectivity index (χ1n) is 8.96. The predicted octanol–water partition coefficient (Wildman–Crippen LogP) is 4.84. The number of hydrogen-bond acceptors (Lipinski definition) is 3. The van der Waals surface area contributed by atoms with Gasteiger partial charge in [0.1, 0.15) is 11.5 Å². The molecule has 134 valence electrons. The number of anilines is 1. The number of rotatable bonds is 10. The smallest absolute Gasteiger partial charge is 0.262 e. The third-order valence-corrected chi connectivity index (χ3v) is 3.75. The number of amides is 1. The highest BCUT2D eigenvalue weighted by atomic mass is 16.5. The molecule has 25 heavy (non-hydrogen) atoms. The first-order valence-corrected chi connectivity index (χ1v) is 8.96. The van der Waals surface area contributed by atoms with Crippen LogP contribution in [0, 0.1) is 0 Å². The average Bonchev–Trinajstić information content (AvgIpc) is 2.63. The van der Waals surface area contributed by atoms with Gasteiger partial charge in [0.15, 0.2) is 6.61 Å². The van der Waals surface area contributed by atoms with Crippen LogP contribution in [0.4, 0.5) is 5.69 Å². The molecule has 0 radical (unpaired) electrons. The van der Waals surface area contributed by atoms with Crippen LogP contribution in [-0.4, -0.2) is 19.1 Å². The molecule has 0 bridgehead atoms. The van der Waals surface area contributed by atoms with Crippen molar-refractivity contribution in [3.8, 4) is 11.5 Å². The fraction of sp³-hybridized carbons (Fsp3) is 0.381. The largest absolute Gasteiger partial charge is 0.491 e. The van der Waals surface area contributed by atoms with Crippen LogP contribution in [0.25, 0.3) is 0 Å². The number of hydrogen-bond donors (Lipinski definition) is 1. The summed E-state index contributed by atoms with van der Waals surface area (Å²) in [7, 11) is 0. The molecule has 0 saturated heterocycles. The number of nitrogens with one attached hydrogen (secondary N) is 1. The zero-order chi connectivity index (χ0) is 17.9. The van der Waals surface area contributed by atoms with Crippen molar-refractivity contribution in [1.82, 2.24) is 0 Å². The van der Waals surface area contributed by atoms with Crippen LogP contribution in [0.1, 0.15) is 38.7 Å². The monoisotopic (exact) mass is 341 g/mol. The lowest BCUT2D eigenvalue weighted by molar-refractivity contribution is -0.118. The van der Waals surface area contributed by atoms with Gasteiger partial charge in [-0.3, -0.25) is 4.79 Å². The highest BCUT2D eigenvalue weighted by Crippen LogP contribution is 2.24. The number of ether oxygens (including phenoxy) is 2. The van der Waals surface area contributed by atoms with Crippen molar-refractivity contribution in [3.63, 3.8) is 0 Å². The number of aryl methyl sites for hydroxylation is 1. The van der Waals surface area contributed by atoms with Gasteiger partial charge in [-0.2, -0.15) is 0 Å². The highest BCUT2D eigenvalue weighted by Gasteiger charge is 2.08. The molecule has 0 heterocycles. The van der Waals surface area contributed by atoms with E-state index in [1.54, 1.807) is 0 Å². The van der Waals surface area contributed by atoms with Gasteiger partial charge in [-0.1, -0.05) is 51.0 Å². The third-order valence-electron chi connectivity index (χ3n) is 3.75. The minimum Gasteiger partial charge on any atom is -0.491 e. The molecule has 2 aromatic carbocycles. The molecule has 0 unspecified atom stereocenters. The van der Waals surface area contributed by atoms with Gasteiger partial charge < -0.3 is 14.8 Å². The van der Waals surface area contributed by atoms with Gasteiger partial charge in [-0.25, -0.2) is 0 Å². The Labute approximate surface area is 150 Å². The van der Waals surface area contributed by atoms with Crippen molar-refractivity contribution in [2.75, 3.05) is 18.5 Å². The van der Waals surface area contributed by atoms with E-state index < -0.39 is 0 Å². The van der Waals surface area contributed by atoms with Crippen molar-refractivity contribution in [2.24, 2.45) is 0 Å². The molecule has 0 fully saturated rings. The Kier molecular flexibility index (Phi) is 7.83. The minimum atomic E-state index is -0.204. The van der Waals surface area contributed by atoms with Crippen LogP contribution in [0.3, 0.4) is 0 Å². The molecule has 0 aromatic heterocycles. The van der Waals surface area contributed by atoms with Gasteiger partial charge in [0.25, 0.3) is 5.91 Å². The number of carbonyl (C=O) groups excluding carboxylic acids is 1. The Balaban J connectivity index is 1.85. The van der Waals surface area contributed by atoms with Crippen molar-refractivity contribution >= 4 is 11.6 Å². The van der Waals surface area contributed by atoms with E-state index in [4.69, 9.17) is 9.47 Å². The third kappa shape index (κ3) is 6.49. The summed E-state index contributed by atoms with van der Waals surface area (Å²) in [6, 6.07) is 15.3. The summed E-state index contributed by atoms with van der Waals surface area (Å²) in [5.41, 5.74) is 1.95. The first-order chi connectivity index (χ1) is 12.2. The summed E-state index contributed by atoms with van der Waals surface area (Å²) >= 11 is 0. The van der Waals surface area contributed by atoms with Gasteiger partial charge in [0.2, 0.25) is 0 Å². The Morgan fingerprint density at radius 1 is 0.960 bits per heavy atom. The summed E-state index contributed by atoms with van der Waals surface area (Å²) in [4.78, 5) is 12.1. The van der Waals surface area contributed by atoms with E-state index in [0.717, 1.165) is 25.7 Å². The fourth-order valence-corrected chi connectivity index (χ4v) is 2.40. The maximum Gasteiger partial charge on any atom is 0.262 e. The van der Waals surface area contributed by atoms with Gasteiger partial charge in [0.05, 0.1) is 12.3 Å². The molecule has 0 aliphatic heterocycles. The second-order valence-electron chi connectivity index (χ2n) is 5.93. The molecular formula is C21H27NO3. The molecule has 0 aliphatic carbocycles. The van der Waals surface area contributed by atoms with Crippen LogP contribution in [0.2, 0.25) is 0 Å². The molecular weight excluding hydrogens is 314 g/mol. The Hall–Kier alpha value is -2.49. The standard InChI is InChI=1S/C21H27NO3/c1-3-5-15-24-20-10-7-6-9-19(20)22-21(23)16-25-18-13-11-17(8-4-2)12-14-18/h6-7,9-14H,3-5,8,15-16H2,1-2H3,(H,22,23). The highest BCUT2D eigenvalue weighted by molar-refractivity contribution is 5.93. The van der Waals surface area contributed by atoms with Crippen LogP contribution >= 0.6 is 0 Å². The molecule has 0 saturated carbocycles. The lowest BCUT2D eigenvalue weighted by Crippen LogP contribution is -2.20. The number of unbranched alkanes of at least 4 members (excludes halogenated alkanes) is 1. The summed E-state index contributed by atoms with van der Waals surface area (Å²) < 4.78 is 11.3. The zero-order valence-electron chi connectivity index (χ0n) is 15.1. The zero-order valence-corrected chi connectivity index (χ0v) is 15.1. The van der Waals surface area contributed by atoms with Crippen molar-refractivity contribution < 1.29 is 14.3 Å². The Bertz CT molecular complexity index is 652. The maximum absolute atomic E-state index is 12.1. The first kappa shape index (κ1) is 18.8. The van der Waals surface area contributed by atoms with E-state index in [9.17, 15) is 4.79 Å². The summed E-state index contributed by atoms with van der Waals surface area (Å²) in [5.74, 6) is 1.18. The lowest BCUT2D eigenvalue weighted by Gasteiger charge is -2.12. The molecule has 4 nitrogen and oxygen atoms in total. The predicted molar refractivity (Wildman–Crippen MR) is 101 cm³/mol. The van der Waals surface area contributed by atoms with Crippen molar-refractivity contribution in [3.05, 3.63) is 54.1 Å². The summed E-state index contributed by atoms with van der Waals surface area (Å²) in [6.45, 7) is 4.88. The molecule has 2 aromatic rings. The topological polar surface area (TPSA) is 47.6 Å². The number of para-hydroxylation sites is 2. The molecule has 1 N–H and O–H groups in total. The van der Waals surface area contributed by atoms with Gasteiger partial charge in [-0.05, 0) is 42.7 Å². The van der Waals surface area contributed by atoms with E-state index in [0.29, 0.717) is 23.8 Å². The number of benzene rings is 2.